The summed E-state index contributed by atoms with van der Waals surface area (Å²) in [7, 11) is 0. The van der Waals surface area contributed by atoms with Gasteiger partial charge in [-0.2, -0.15) is 10.2 Å². The summed E-state index contributed by atoms with van der Waals surface area (Å²) in [6, 6.07) is -0.00273. The summed E-state index contributed by atoms with van der Waals surface area (Å²) in [4.78, 5) is 0. The van der Waals surface area contributed by atoms with Gasteiger partial charge in [-0.3, -0.25) is 0 Å². The Bertz CT molecular complexity index is 405. The minimum absolute atomic E-state index is 0.00273. The highest BCUT2D eigenvalue weighted by Gasteiger charge is 2.07. The number of nitrogens with zero attached hydrogens (tertiary/aromatic N) is 2. The van der Waals surface area contributed by atoms with Crippen LogP contribution in [0.2, 0.25) is 0 Å². The molecule has 0 fully saturated rings. The van der Waals surface area contributed by atoms with E-state index in [0.29, 0.717) is 12.8 Å². The molecule has 2 atom stereocenters. The highest BCUT2D eigenvalue weighted by Crippen LogP contribution is 2.15. The number of azo groups is 1. The standard InChI is InChI=1S/C12H14N2O2/c15-11-5-1-9(2-6-11)13-14-10-3-7-12(16)8-4-10/h1-3,5,7-8,10-11,15-16H,4,6H2. The molecule has 16 heavy (non-hydrogen) atoms. The highest BCUT2D eigenvalue weighted by molar-refractivity contribution is 5.23. The van der Waals surface area contributed by atoms with Gasteiger partial charge in [0.1, 0.15) is 5.76 Å². The molecule has 2 N–H and O–H groups in total. The maximum atomic E-state index is 9.22. The molecule has 0 spiro atoms. The summed E-state index contributed by atoms with van der Waals surface area (Å²) in [6.07, 6.45) is 11.4. The fourth-order valence-corrected chi connectivity index (χ4v) is 1.50. The Morgan fingerprint density at radius 2 is 2.00 bits per heavy atom. The van der Waals surface area contributed by atoms with Gasteiger partial charge < -0.3 is 10.2 Å². The van der Waals surface area contributed by atoms with Crippen LogP contribution in [0.3, 0.4) is 0 Å². The molecule has 0 amide bonds. The zero-order valence-corrected chi connectivity index (χ0v) is 8.82. The molecular formula is C12H14N2O2. The minimum Gasteiger partial charge on any atom is -0.508 e. The Balaban J connectivity index is 1.91. The Morgan fingerprint density at radius 3 is 2.62 bits per heavy atom. The van der Waals surface area contributed by atoms with Crippen LogP contribution in [-0.4, -0.2) is 22.4 Å². The van der Waals surface area contributed by atoms with Gasteiger partial charge in [-0.1, -0.05) is 18.2 Å². The fraction of sp³-hybridized carbons (Fsp3) is 0.333. The topological polar surface area (TPSA) is 65.2 Å². The molecule has 2 unspecified atom stereocenters. The molecule has 4 nitrogen and oxygen atoms in total. The van der Waals surface area contributed by atoms with Gasteiger partial charge in [-0.25, -0.2) is 0 Å². The maximum Gasteiger partial charge on any atom is 0.111 e. The molecule has 0 aromatic carbocycles. The Labute approximate surface area is 94.0 Å². The second kappa shape index (κ2) is 4.90. The molecule has 2 aliphatic carbocycles. The van der Waals surface area contributed by atoms with Crippen LogP contribution in [-0.2, 0) is 0 Å². The molecule has 4 heteroatoms. The Morgan fingerprint density at radius 1 is 1.12 bits per heavy atom. The van der Waals surface area contributed by atoms with Gasteiger partial charge in [0.15, 0.2) is 0 Å². The minimum atomic E-state index is -0.395. The first-order valence-electron chi connectivity index (χ1n) is 5.28. The zero-order chi connectivity index (χ0) is 11.4. The summed E-state index contributed by atoms with van der Waals surface area (Å²) < 4.78 is 0. The molecule has 0 saturated heterocycles. The SMILES string of the molecule is OC1=CCC(N=NC2=CCC(O)C=C2)C=C1. The second-order valence-corrected chi connectivity index (χ2v) is 3.80. The van der Waals surface area contributed by atoms with Crippen molar-refractivity contribution < 1.29 is 10.2 Å². The summed E-state index contributed by atoms with van der Waals surface area (Å²) in [5.41, 5.74) is 0.775. The number of allylic oxidation sites excluding steroid dienone is 2. The van der Waals surface area contributed by atoms with E-state index in [1.165, 1.54) is 0 Å². The Hall–Kier alpha value is -1.68. The summed E-state index contributed by atoms with van der Waals surface area (Å²) in [5, 5.41) is 26.6. The van der Waals surface area contributed by atoms with E-state index in [1.54, 1.807) is 24.3 Å². The fourth-order valence-electron chi connectivity index (χ4n) is 1.50. The lowest BCUT2D eigenvalue weighted by atomic mass is 10.1. The molecule has 0 aromatic rings. The van der Waals surface area contributed by atoms with Crippen molar-refractivity contribution in [1.29, 1.82) is 0 Å². The van der Waals surface area contributed by atoms with Crippen molar-refractivity contribution in [2.24, 2.45) is 10.2 Å². The van der Waals surface area contributed by atoms with Crippen molar-refractivity contribution in [3.63, 3.8) is 0 Å². The van der Waals surface area contributed by atoms with Gasteiger partial charge >= 0.3 is 0 Å². The van der Waals surface area contributed by atoms with E-state index in [-0.39, 0.29) is 11.8 Å². The van der Waals surface area contributed by atoms with E-state index >= 15 is 0 Å². The monoisotopic (exact) mass is 218 g/mol. The lowest BCUT2D eigenvalue weighted by Crippen LogP contribution is -2.04. The molecular weight excluding hydrogens is 204 g/mol. The van der Waals surface area contributed by atoms with E-state index in [9.17, 15) is 5.11 Å². The lowest BCUT2D eigenvalue weighted by molar-refractivity contribution is 0.225. The lowest BCUT2D eigenvalue weighted by Gasteiger charge is -2.09. The van der Waals surface area contributed by atoms with Crippen LogP contribution in [0.15, 0.2) is 58.1 Å². The molecule has 0 aliphatic heterocycles. The van der Waals surface area contributed by atoms with Crippen molar-refractivity contribution in [2.75, 3.05) is 0 Å². The summed E-state index contributed by atoms with van der Waals surface area (Å²) in [6.45, 7) is 0. The number of aliphatic hydroxyl groups is 2. The third-order valence-electron chi connectivity index (χ3n) is 2.44. The number of hydrogen-bond acceptors (Lipinski definition) is 4. The van der Waals surface area contributed by atoms with E-state index in [2.05, 4.69) is 10.2 Å². The first kappa shape index (κ1) is 10.8. The van der Waals surface area contributed by atoms with E-state index in [0.717, 1.165) is 5.70 Å². The summed E-state index contributed by atoms with van der Waals surface area (Å²) in [5.74, 6) is 0.284. The average Bonchev–Trinajstić information content (AvgIpc) is 2.30. The molecule has 0 heterocycles. The quantitative estimate of drug-likeness (QED) is 0.699. The van der Waals surface area contributed by atoms with Gasteiger partial charge in [-0.05, 0) is 31.1 Å². The van der Waals surface area contributed by atoms with Gasteiger partial charge in [0.05, 0.1) is 17.8 Å². The molecule has 2 rings (SSSR count). The van der Waals surface area contributed by atoms with Crippen LogP contribution in [0.5, 0.6) is 0 Å². The molecule has 0 bridgehead atoms. The average molecular weight is 218 g/mol. The highest BCUT2D eigenvalue weighted by atomic mass is 16.3. The predicted octanol–water partition coefficient (Wildman–Crippen LogP) is 2.41. The van der Waals surface area contributed by atoms with Crippen LogP contribution in [0.4, 0.5) is 0 Å². The molecule has 84 valence electrons. The maximum absolute atomic E-state index is 9.22. The first-order chi connectivity index (χ1) is 7.74. The predicted molar refractivity (Wildman–Crippen MR) is 61.0 cm³/mol. The number of aliphatic hydroxyl groups excluding tert-OH is 2. The molecule has 0 radical (unpaired) electrons. The van der Waals surface area contributed by atoms with Gasteiger partial charge in [0, 0.05) is 0 Å². The second-order valence-electron chi connectivity index (χ2n) is 3.80. The van der Waals surface area contributed by atoms with E-state index in [4.69, 9.17) is 5.11 Å². The van der Waals surface area contributed by atoms with Crippen LogP contribution in [0.1, 0.15) is 12.8 Å². The number of rotatable bonds is 2. The van der Waals surface area contributed by atoms with Crippen LogP contribution < -0.4 is 0 Å². The van der Waals surface area contributed by atoms with Gasteiger partial charge in [-0.15, -0.1) is 0 Å². The first-order valence-corrected chi connectivity index (χ1v) is 5.28. The molecule has 2 aliphatic rings. The normalized spacial score (nSPS) is 29.3. The van der Waals surface area contributed by atoms with E-state index < -0.39 is 6.10 Å². The van der Waals surface area contributed by atoms with Crippen molar-refractivity contribution in [1.82, 2.24) is 0 Å². The Kier molecular flexibility index (Phi) is 3.31. The van der Waals surface area contributed by atoms with Crippen LogP contribution in [0.25, 0.3) is 0 Å². The van der Waals surface area contributed by atoms with E-state index in [1.807, 2.05) is 12.2 Å². The van der Waals surface area contributed by atoms with Gasteiger partial charge in [0.2, 0.25) is 0 Å². The van der Waals surface area contributed by atoms with Gasteiger partial charge in [0.25, 0.3) is 0 Å². The van der Waals surface area contributed by atoms with Crippen molar-refractivity contribution in [3.05, 3.63) is 47.9 Å². The molecule has 0 aromatic heterocycles. The largest absolute Gasteiger partial charge is 0.508 e. The van der Waals surface area contributed by atoms with Crippen LogP contribution in [0, 0.1) is 0 Å². The van der Waals surface area contributed by atoms with Crippen molar-refractivity contribution in [3.8, 4) is 0 Å². The van der Waals surface area contributed by atoms with Crippen molar-refractivity contribution >= 4 is 0 Å². The zero-order valence-electron chi connectivity index (χ0n) is 8.82. The molecule has 0 saturated carbocycles. The third kappa shape index (κ3) is 2.90. The third-order valence-corrected chi connectivity index (χ3v) is 2.44. The number of hydrogen-bond donors (Lipinski definition) is 2. The van der Waals surface area contributed by atoms with Crippen LogP contribution >= 0.6 is 0 Å². The van der Waals surface area contributed by atoms with Crippen molar-refractivity contribution in [2.45, 2.75) is 25.0 Å². The summed E-state index contributed by atoms with van der Waals surface area (Å²) >= 11 is 0. The smallest absolute Gasteiger partial charge is 0.111 e.